The summed E-state index contributed by atoms with van der Waals surface area (Å²) in [7, 11) is 0. The zero-order valence-electron chi connectivity index (χ0n) is 7.59. The van der Waals surface area contributed by atoms with Gasteiger partial charge in [-0.3, -0.25) is 0 Å². The second kappa shape index (κ2) is 4.12. The van der Waals surface area contributed by atoms with Crippen molar-refractivity contribution in [1.29, 1.82) is 0 Å². The molecule has 1 heterocycles. The maximum absolute atomic E-state index is 5.94. The number of rotatable bonds is 1. The molecule has 1 atom stereocenters. The molecule has 0 amide bonds. The van der Waals surface area contributed by atoms with Crippen LogP contribution in [0.1, 0.15) is 30.9 Å². The van der Waals surface area contributed by atoms with Crippen molar-refractivity contribution in [1.82, 2.24) is 5.32 Å². The molecule has 1 saturated heterocycles. The molecule has 0 bridgehead atoms. The van der Waals surface area contributed by atoms with Crippen LogP contribution in [-0.4, -0.2) is 6.54 Å². The maximum atomic E-state index is 5.94. The molecule has 1 aliphatic rings. The van der Waals surface area contributed by atoms with Crippen molar-refractivity contribution in [3.05, 3.63) is 34.9 Å². The van der Waals surface area contributed by atoms with Crippen molar-refractivity contribution < 1.29 is 0 Å². The van der Waals surface area contributed by atoms with E-state index < -0.39 is 0 Å². The Balaban J connectivity index is 2.14. The molecule has 2 heteroatoms. The summed E-state index contributed by atoms with van der Waals surface area (Å²) in [5, 5.41) is 4.34. The third-order valence-electron chi connectivity index (χ3n) is 2.56. The predicted octanol–water partition coefficient (Wildman–Crippen LogP) is 3.15. The monoisotopic (exact) mass is 195 g/mol. The van der Waals surface area contributed by atoms with Crippen LogP contribution in [0.4, 0.5) is 0 Å². The molecular weight excluding hydrogens is 182 g/mol. The van der Waals surface area contributed by atoms with Crippen LogP contribution >= 0.6 is 11.6 Å². The standard InChI is InChI=1S/C11H14ClN/c12-10-5-3-4-9(8-10)11-6-1-2-7-13-11/h3-5,8,11,13H,1-2,6-7H2/t11-/m1/s1. The van der Waals surface area contributed by atoms with E-state index in [0.29, 0.717) is 6.04 Å². The van der Waals surface area contributed by atoms with Gasteiger partial charge in [0.05, 0.1) is 0 Å². The first-order valence-electron chi connectivity index (χ1n) is 4.85. The maximum Gasteiger partial charge on any atom is 0.0409 e. The molecule has 1 aromatic carbocycles. The Hall–Kier alpha value is -0.530. The Morgan fingerprint density at radius 1 is 1.31 bits per heavy atom. The fraction of sp³-hybridized carbons (Fsp3) is 0.455. The van der Waals surface area contributed by atoms with Gasteiger partial charge < -0.3 is 5.32 Å². The average molecular weight is 196 g/mol. The summed E-state index contributed by atoms with van der Waals surface area (Å²) in [4.78, 5) is 0. The van der Waals surface area contributed by atoms with Gasteiger partial charge in [-0.2, -0.15) is 0 Å². The fourth-order valence-corrected chi connectivity index (χ4v) is 2.06. The van der Waals surface area contributed by atoms with E-state index in [0.717, 1.165) is 11.6 Å². The van der Waals surface area contributed by atoms with Crippen molar-refractivity contribution in [2.24, 2.45) is 0 Å². The molecule has 0 aromatic heterocycles. The minimum Gasteiger partial charge on any atom is -0.310 e. The highest BCUT2D eigenvalue weighted by atomic mass is 35.5. The molecule has 1 nitrogen and oxygen atoms in total. The Kier molecular flexibility index (Phi) is 2.87. The van der Waals surface area contributed by atoms with E-state index >= 15 is 0 Å². The summed E-state index contributed by atoms with van der Waals surface area (Å²) < 4.78 is 0. The molecule has 1 aliphatic heterocycles. The Labute approximate surface area is 84.1 Å². The summed E-state index contributed by atoms with van der Waals surface area (Å²) in [5.41, 5.74) is 1.33. The van der Waals surface area contributed by atoms with Gasteiger partial charge in [-0.25, -0.2) is 0 Å². The number of piperidine rings is 1. The van der Waals surface area contributed by atoms with Gasteiger partial charge >= 0.3 is 0 Å². The first-order valence-corrected chi connectivity index (χ1v) is 5.23. The molecule has 2 rings (SSSR count). The highest BCUT2D eigenvalue weighted by Crippen LogP contribution is 2.24. The Bertz CT molecular complexity index is 279. The van der Waals surface area contributed by atoms with Gasteiger partial charge in [-0.05, 0) is 37.1 Å². The van der Waals surface area contributed by atoms with Crippen molar-refractivity contribution in [3.8, 4) is 0 Å². The third-order valence-corrected chi connectivity index (χ3v) is 2.80. The minimum atomic E-state index is 0.521. The van der Waals surface area contributed by atoms with Crippen LogP contribution < -0.4 is 5.32 Å². The number of benzene rings is 1. The van der Waals surface area contributed by atoms with Crippen LogP contribution in [0.5, 0.6) is 0 Å². The summed E-state index contributed by atoms with van der Waals surface area (Å²) in [5.74, 6) is 0. The SMILES string of the molecule is Clc1cccc([C@H]2CCCCN2)c1. The van der Waals surface area contributed by atoms with Crippen LogP contribution in [0.25, 0.3) is 0 Å². The zero-order valence-corrected chi connectivity index (χ0v) is 8.35. The van der Waals surface area contributed by atoms with Crippen LogP contribution in [0.2, 0.25) is 5.02 Å². The van der Waals surface area contributed by atoms with E-state index in [1.165, 1.54) is 24.8 Å². The summed E-state index contributed by atoms with van der Waals surface area (Å²) in [6.45, 7) is 1.14. The molecular formula is C11H14ClN. The van der Waals surface area contributed by atoms with E-state index in [4.69, 9.17) is 11.6 Å². The molecule has 70 valence electrons. The quantitative estimate of drug-likeness (QED) is 0.726. The van der Waals surface area contributed by atoms with E-state index in [9.17, 15) is 0 Å². The molecule has 0 saturated carbocycles. The molecule has 1 fully saturated rings. The van der Waals surface area contributed by atoms with Gasteiger partial charge in [0.2, 0.25) is 0 Å². The largest absolute Gasteiger partial charge is 0.310 e. The second-order valence-electron chi connectivity index (χ2n) is 3.56. The molecule has 13 heavy (non-hydrogen) atoms. The highest BCUT2D eigenvalue weighted by molar-refractivity contribution is 6.30. The van der Waals surface area contributed by atoms with Gasteiger partial charge in [0.25, 0.3) is 0 Å². The predicted molar refractivity (Wildman–Crippen MR) is 56.0 cm³/mol. The first kappa shape index (κ1) is 9.04. The molecule has 1 N–H and O–H groups in total. The fourth-order valence-electron chi connectivity index (χ4n) is 1.86. The van der Waals surface area contributed by atoms with Crippen molar-refractivity contribution in [3.63, 3.8) is 0 Å². The number of nitrogens with one attached hydrogen (secondary N) is 1. The number of hydrogen-bond acceptors (Lipinski definition) is 1. The number of halogens is 1. The van der Waals surface area contributed by atoms with Crippen molar-refractivity contribution >= 4 is 11.6 Å². The summed E-state index contributed by atoms with van der Waals surface area (Å²) in [6, 6.07) is 8.67. The molecule has 0 unspecified atom stereocenters. The van der Waals surface area contributed by atoms with Gasteiger partial charge in [0.15, 0.2) is 0 Å². The van der Waals surface area contributed by atoms with E-state index in [2.05, 4.69) is 17.4 Å². The van der Waals surface area contributed by atoms with Gasteiger partial charge in [-0.15, -0.1) is 0 Å². The zero-order chi connectivity index (χ0) is 9.10. The average Bonchev–Trinajstić information content (AvgIpc) is 2.19. The van der Waals surface area contributed by atoms with E-state index in [1.54, 1.807) is 0 Å². The minimum absolute atomic E-state index is 0.521. The van der Waals surface area contributed by atoms with Crippen molar-refractivity contribution in [2.75, 3.05) is 6.54 Å². The van der Waals surface area contributed by atoms with Crippen molar-refractivity contribution in [2.45, 2.75) is 25.3 Å². The van der Waals surface area contributed by atoms with Crippen LogP contribution in [0, 0.1) is 0 Å². The van der Waals surface area contributed by atoms with Gasteiger partial charge in [0.1, 0.15) is 0 Å². The molecule has 0 radical (unpaired) electrons. The summed E-state index contributed by atoms with van der Waals surface area (Å²) in [6.07, 6.45) is 3.86. The number of hydrogen-bond donors (Lipinski definition) is 1. The second-order valence-corrected chi connectivity index (χ2v) is 3.99. The van der Waals surface area contributed by atoms with E-state index in [-0.39, 0.29) is 0 Å². The Morgan fingerprint density at radius 2 is 2.23 bits per heavy atom. The van der Waals surface area contributed by atoms with Crippen LogP contribution in [0.3, 0.4) is 0 Å². The third kappa shape index (κ3) is 2.23. The van der Waals surface area contributed by atoms with Crippen LogP contribution in [-0.2, 0) is 0 Å². The first-order chi connectivity index (χ1) is 6.36. The lowest BCUT2D eigenvalue weighted by Gasteiger charge is -2.23. The molecule has 0 aliphatic carbocycles. The topological polar surface area (TPSA) is 12.0 Å². The lowest BCUT2D eigenvalue weighted by atomic mass is 9.98. The smallest absolute Gasteiger partial charge is 0.0409 e. The Morgan fingerprint density at radius 3 is 2.92 bits per heavy atom. The normalized spacial score (nSPS) is 23.0. The molecule has 0 spiro atoms. The summed E-state index contributed by atoms with van der Waals surface area (Å²) >= 11 is 5.94. The lowest BCUT2D eigenvalue weighted by Crippen LogP contribution is -2.26. The molecule has 1 aromatic rings. The van der Waals surface area contributed by atoms with Gasteiger partial charge in [-0.1, -0.05) is 30.2 Å². The van der Waals surface area contributed by atoms with E-state index in [1.807, 2.05) is 12.1 Å². The highest BCUT2D eigenvalue weighted by Gasteiger charge is 2.13. The van der Waals surface area contributed by atoms with Crippen LogP contribution in [0.15, 0.2) is 24.3 Å². The van der Waals surface area contributed by atoms with Gasteiger partial charge in [0, 0.05) is 11.1 Å². The lowest BCUT2D eigenvalue weighted by molar-refractivity contribution is 0.412.